The van der Waals surface area contributed by atoms with Gasteiger partial charge in [-0.2, -0.15) is 4.99 Å². The van der Waals surface area contributed by atoms with Gasteiger partial charge in [0.05, 0.1) is 29.5 Å². The number of aryl methyl sites for hydroxylation is 1. The van der Waals surface area contributed by atoms with Crippen LogP contribution >= 0.6 is 34.3 Å². The Balaban J connectivity index is 1.52. The number of hydrogen-bond acceptors (Lipinski definition) is 10. The summed E-state index contributed by atoms with van der Waals surface area (Å²) in [4.78, 5) is 54.9. The summed E-state index contributed by atoms with van der Waals surface area (Å²) in [7, 11) is -3.01. The van der Waals surface area contributed by atoms with Crippen LogP contribution in [0.25, 0.3) is 10.2 Å². The Labute approximate surface area is 242 Å². The number of anilines is 1. The summed E-state index contributed by atoms with van der Waals surface area (Å²) in [6.07, 6.45) is 3.28. The van der Waals surface area contributed by atoms with Crippen LogP contribution in [0.2, 0.25) is 5.02 Å². The van der Waals surface area contributed by atoms with Crippen LogP contribution in [0.15, 0.2) is 23.2 Å². The van der Waals surface area contributed by atoms with Crippen LogP contribution in [0.4, 0.5) is 5.00 Å². The van der Waals surface area contributed by atoms with Crippen molar-refractivity contribution in [3.8, 4) is 0 Å². The standard InChI is InChI=1S/C25H26ClN3O8S3/c1-3-37-24(33)22-15-6-4-5-7-17(15)38-23(22)27-19(30)12-40(34,35)13-20(31)28-25-29(11-21(32)36-2)16-9-8-14(26)10-18(16)39-25/h8-10H,3-7,11-13H2,1-2H3,(H,27,30). The Morgan fingerprint density at radius 2 is 1.88 bits per heavy atom. The van der Waals surface area contributed by atoms with E-state index in [2.05, 4.69) is 10.3 Å². The molecule has 0 radical (unpaired) electrons. The van der Waals surface area contributed by atoms with Gasteiger partial charge in [-0.05, 0) is 56.4 Å². The fourth-order valence-electron chi connectivity index (χ4n) is 4.29. The highest BCUT2D eigenvalue weighted by Crippen LogP contribution is 2.38. The summed E-state index contributed by atoms with van der Waals surface area (Å²) in [5.41, 5.74) is 1.65. The first kappa shape index (κ1) is 29.9. The highest BCUT2D eigenvalue weighted by Gasteiger charge is 2.29. The van der Waals surface area contributed by atoms with Crippen molar-refractivity contribution in [1.82, 2.24) is 4.57 Å². The largest absolute Gasteiger partial charge is 0.468 e. The fraction of sp³-hybridized carbons (Fsp3) is 0.400. The second-order valence-electron chi connectivity index (χ2n) is 8.88. The molecular weight excluding hydrogens is 602 g/mol. The summed E-state index contributed by atoms with van der Waals surface area (Å²) in [5, 5.41) is 3.22. The third-order valence-corrected chi connectivity index (χ3v) is 9.85. The smallest absolute Gasteiger partial charge is 0.341 e. The van der Waals surface area contributed by atoms with Crippen molar-refractivity contribution in [2.24, 2.45) is 4.99 Å². The molecule has 2 heterocycles. The third kappa shape index (κ3) is 6.97. The van der Waals surface area contributed by atoms with Crippen molar-refractivity contribution in [3.05, 3.63) is 44.0 Å². The molecule has 0 atom stereocenters. The van der Waals surface area contributed by atoms with Crippen molar-refractivity contribution in [2.45, 2.75) is 39.2 Å². The Bertz CT molecular complexity index is 1670. The zero-order chi connectivity index (χ0) is 29.0. The molecule has 1 aromatic carbocycles. The number of nitrogens with zero attached hydrogens (tertiary/aromatic N) is 2. The normalized spacial score (nSPS) is 13.6. The number of sulfone groups is 1. The lowest BCUT2D eigenvalue weighted by atomic mass is 9.95. The predicted octanol–water partition coefficient (Wildman–Crippen LogP) is 3.13. The Morgan fingerprint density at radius 1 is 1.12 bits per heavy atom. The summed E-state index contributed by atoms with van der Waals surface area (Å²) in [6, 6.07) is 4.89. The Kier molecular flexibility index (Phi) is 9.44. The van der Waals surface area contributed by atoms with E-state index in [1.807, 2.05) is 0 Å². The second kappa shape index (κ2) is 12.6. The van der Waals surface area contributed by atoms with Gasteiger partial charge in [0, 0.05) is 9.90 Å². The third-order valence-electron chi connectivity index (χ3n) is 5.98. The van der Waals surface area contributed by atoms with Crippen molar-refractivity contribution < 1.29 is 37.1 Å². The van der Waals surface area contributed by atoms with E-state index in [0.29, 0.717) is 21.7 Å². The number of fused-ring (bicyclic) bond motifs is 2. The molecule has 214 valence electrons. The first-order chi connectivity index (χ1) is 19.0. The number of benzene rings is 1. The lowest BCUT2D eigenvalue weighted by molar-refractivity contribution is -0.141. The zero-order valence-electron chi connectivity index (χ0n) is 21.7. The molecular formula is C25H26ClN3O8S3. The van der Waals surface area contributed by atoms with Crippen LogP contribution < -0.4 is 10.1 Å². The van der Waals surface area contributed by atoms with E-state index in [-0.39, 0.29) is 28.5 Å². The molecule has 0 saturated carbocycles. The van der Waals surface area contributed by atoms with Gasteiger partial charge in [-0.15, -0.1) is 11.3 Å². The van der Waals surface area contributed by atoms with E-state index in [1.165, 1.54) is 23.0 Å². The number of nitrogens with one attached hydrogen (secondary N) is 1. The molecule has 3 aromatic rings. The van der Waals surface area contributed by atoms with E-state index in [0.717, 1.165) is 41.0 Å². The van der Waals surface area contributed by atoms with Crippen LogP contribution in [0.3, 0.4) is 0 Å². The van der Waals surface area contributed by atoms with Gasteiger partial charge in [0.25, 0.3) is 5.91 Å². The van der Waals surface area contributed by atoms with Gasteiger partial charge in [0.1, 0.15) is 23.1 Å². The quantitative estimate of drug-likeness (QED) is 0.356. The van der Waals surface area contributed by atoms with Gasteiger partial charge in [0.2, 0.25) is 5.91 Å². The van der Waals surface area contributed by atoms with Crippen molar-refractivity contribution >= 4 is 83.1 Å². The average molecular weight is 628 g/mol. The lowest BCUT2D eigenvalue weighted by Gasteiger charge is -2.12. The topological polar surface area (TPSA) is 150 Å². The molecule has 11 nitrogen and oxygen atoms in total. The number of halogens is 1. The summed E-state index contributed by atoms with van der Waals surface area (Å²) in [6.45, 7) is 1.57. The number of thiophene rings is 1. The van der Waals surface area contributed by atoms with Crippen LogP contribution in [-0.2, 0) is 53.1 Å². The second-order valence-corrected chi connectivity index (χ2v) is 13.5. The van der Waals surface area contributed by atoms with Crippen LogP contribution in [0.5, 0.6) is 0 Å². The predicted molar refractivity (Wildman–Crippen MR) is 152 cm³/mol. The molecule has 1 N–H and O–H groups in total. The molecule has 15 heteroatoms. The maximum atomic E-state index is 12.7. The number of rotatable bonds is 9. The first-order valence-corrected chi connectivity index (χ1v) is 16.1. The van der Waals surface area contributed by atoms with Gasteiger partial charge in [-0.3, -0.25) is 14.4 Å². The zero-order valence-corrected chi connectivity index (χ0v) is 24.9. The minimum atomic E-state index is -4.23. The van der Waals surface area contributed by atoms with E-state index in [9.17, 15) is 27.6 Å². The van der Waals surface area contributed by atoms with Crippen molar-refractivity contribution in [1.29, 1.82) is 0 Å². The molecule has 40 heavy (non-hydrogen) atoms. The maximum absolute atomic E-state index is 12.7. The minimum Gasteiger partial charge on any atom is -0.468 e. The number of esters is 2. The summed E-state index contributed by atoms with van der Waals surface area (Å²) < 4.78 is 37.4. The Morgan fingerprint density at radius 3 is 2.60 bits per heavy atom. The highest BCUT2D eigenvalue weighted by atomic mass is 35.5. The SMILES string of the molecule is CCOC(=O)c1c(NC(=O)CS(=O)(=O)CC(=O)N=c2sc3cc(Cl)ccc3n2CC(=O)OC)sc2c1CCCC2. The van der Waals surface area contributed by atoms with Gasteiger partial charge in [0.15, 0.2) is 14.6 Å². The molecule has 0 saturated heterocycles. The number of hydrogen-bond donors (Lipinski definition) is 1. The van der Waals surface area contributed by atoms with E-state index in [4.69, 9.17) is 21.1 Å². The molecule has 0 spiro atoms. The van der Waals surface area contributed by atoms with Gasteiger partial charge in [-0.25, -0.2) is 13.2 Å². The summed E-state index contributed by atoms with van der Waals surface area (Å²) >= 11 is 8.34. The molecule has 0 aliphatic heterocycles. The van der Waals surface area contributed by atoms with Gasteiger partial charge >= 0.3 is 11.9 Å². The fourth-order valence-corrected chi connectivity index (χ4v) is 7.92. The van der Waals surface area contributed by atoms with Crippen LogP contribution in [0.1, 0.15) is 40.6 Å². The molecule has 1 aliphatic rings. The monoisotopic (exact) mass is 627 g/mol. The molecule has 0 bridgehead atoms. The number of thiazole rings is 1. The number of carbonyl (C=O) groups is 4. The number of aromatic nitrogens is 1. The summed E-state index contributed by atoms with van der Waals surface area (Å²) in [5.74, 6) is -5.07. The molecule has 0 unspecified atom stereocenters. The number of amides is 2. The van der Waals surface area contributed by atoms with E-state index in [1.54, 1.807) is 25.1 Å². The van der Waals surface area contributed by atoms with Crippen molar-refractivity contribution in [3.63, 3.8) is 0 Å². The lowest BCUT2D eigenvalue weighted by Crippen LogP contribution is -2.29. The number of methoxy groups -OCH3 is 1. The number of carbonyl (C=O) groups excluding carboxylic acids is 4. The molecule has 2 amide bonds. The van der Waals surface area contributed by atoms with Gasteiger partial charge in [-0.1, -0.05) is 22.9 Å². The van der Waals surface area contributed by atoms with Crippen molar-refractivity contribution in [2.75, 3.05) is 30.5 Å². The van der Waals surface area contributed by atoms with Crippen LogP contribution in [-0.4, -0.2) is 62.0 Å². The average Bonchev–Trinajstić information content (AvgIpc) is 3.39. The van der Waals surface area contributed by atoms with E-state index < -0.39 is 45.1 Å². The Hall–Kier alpha value is -3.07. The molecule has 2 aromatic heterocycles. The van der Waals surface area contributed by atoms with E-state index >= 15 is 0 Å². The maximum Gasteiger partial charge on any atom is 0.341 e. The molecule has 4 rings (SSSR count). The minimum absolute atomic E-state index is 0.0792. The highest BCUT2D eigenvalue weighted by molar-refractivity contribution is 7.92. The molecule has 0 fully saturated rings. The van der Waals surface area contributed by atoms with Crippen LogP contribution in [0, 0.1) is 0 Å². The first-order valence-electron chi connectivity index (χ1n) is 12.3. The number of ether oxygens (including phenoxy) is 2. The van der Waals surface area contributed by atoms with Gasteiger partial charge < -0.3 is 19.4 Å². The molecule has 1 aliphatic carbocycles.